The van der Waals surface area contributed by atoms with Crippen LogP contribution in [0, 0.1) is 5.82 Å². The maximum atomic E-state index is 14.7. The molecule has 1 amide bonds. The molecule has 0 saturated carbocycles. The molecule has 5 rings (SSSR count). The van der Waals surface area contributed by atoms with Crippen LogP contribution < -0.4 is 10.9 Å². The topological polar surface area (TPSA) is 80.1 Å². The lowest BCUT2D eigenvalue weighted by Gasteiger charge is -2.34. The van der Waals surface area contributed by atoms with Crippen molar-refractivity contribution in [2.45, 2.75) is 63.6 Å². The molecule has 35 heavy (non-hydrogen) atoms. The molecule has 3 atom stereocenters. The van der Waals surface area contributed by atoms with Crippen molar-refractivity contribution in [2.75, 3.05) is 5.32 Å². The summed E-state index contributed by atoms with van der Waals surface area (Å²) in [5.41, 5.74) is -0.716. The Balaban J connectivity index is 1.54. The number of rotatable bonds is 5. The summed E-state index contributed by atoms with van der Waals surface area (Å²) in [5, 5.41) is 3.47. The fraction of sp³-hybridized carbons (Fsp3) is 0.440. The van der Waals surface area contributed by atoms with E-state index in [0.29, 0.717) is 11.0 Å². The molecule has 2 aromatic heterocycles. The second-order valence-corrected chi connectivity index (χ2v) is 9.33. The SMILES string of the molecule is C[C@@H](Nc1ncnc2c1cc(C(=O)N1C3CCCC1CC3)c(=O)n2C)c1cccc(C(F)F)c1F. The number of hydrogen-bond acceptors (Lipinski definition) is 5. The molecule has 0 spiro atoms. The minimum absolute atomic E-state index is 0.0372. The van der Waals surface area contributed by atoms with Crippen LogP contribution in [0.15, 0.2) is 35.4 Å². The second kappa shape index (κ2) is 8.98. The van der Waals surface area contributed by atoms with Crippen LogP contribution in [-0.4, -0.2) is 37.4 Å². The van der Waals surface area contributed by atoms with Gasteiger partial charge in [0.05, 0.1) is 17.0 Å². The maximum Gasteiger partial charge on any atom is 0.266 e. The first-order valence-electron chi connectivity index (χ1n) is 11.8. The normalized spacial score (nSPS) is 20.5. The first-order chi connectivity index (χ1) is 16.8. The summed E-state index contributed by atoms with van der Waals surface area (Å²) in [6.45, 7) is 1.63. The van der Waals surface area contributed by atoms with Crippen LogP contribution in [0.5, 0.6) is 0 Å². The molecule has 0 aliphatic carbocycles. The maximum absolute atomic E-state index is 14.7. The zero-order chi connectivity index (χ0) is 24.9. The number of alkyl halides is 2. The van der Waals surface area contributed by atoms with Crippen molar-refractivity contribution in [2.24, 2.45) is 7.05 Å². The molecule has 2 unspecified atom stereocenters. The van der Waals surface area contributed by atoms with Crippen LogP contribution in [-0.2, 0) is 7.05 Å². The van der Waals surface area contributed by atoms with Crippen molar-refractivity contribution < 1.29 is 18.0 Å². The molecule has 4 heterocycles. The number of nitrogens with one attached hydrogen (secondary N) is 1. The molecule has 2 aliphatic rings. The number of aromatic nitrogens is 3. The summed E-state index contributed by atoms with van der Waals surface area (Å²) >= 11 is 0. The van der Waals surface area contributed by atoms with Gasteiger partial charge >= 0.3 is 0 Å². The van der Waals surface area contributed by atoms with Gasteiger partial charge in [-0.25, -0.2) is 23.1 Å². The highest BCUT2D eigenvalue weighted by atomic mass is 19.3. The number of anilines is 1. The van der Waals surface area contributed by atoms with E-state index in [1.54, 1.807) is 6.92 Å². The Morgan fingerprint density at radius 1 is 1.11 bits per heavy atom. The van der Waals surface area contributed by atoms with Crippen LogP contribution in [0.2, 0.25) is 0 Å². The first-order valence-corrected chi connectivity index (χ1v) is 11.8. The van der Waals surface area contributed by atoms with E-state index in [9.17, 15) is 22.8 Å². The average Bonchev–Trinajstić information content (AvgIpc) is 3.09. The van der Waals surface area contributed by atoms with E-state index in [2.05, 4.69) is 15.3 Å². The van der Waals surface area contributed by atoms with E-state index in [0.717, 1.165) is 38.2 Å². The van der Waals surface area contributed by atoms with Crippen molar-refractivity contribution in [1.82, 2.24) is 19.4 Å². The van der Waals surface area contributed by atoms with Gasteiger partial charge in [0.25, 0.3) is 17.9 Å². The number of pyridine rings is 1. The summed E-state index contributed by atoms with van der Waals surface area (Å²) in [6, 6.07) is 4.93. The molecule has 2 bridgehead atoms. The predicted molar refractivity (Wildman–Crippen MR) is 125 cm³/mol. The van der Waals surface area contributed by atoms with Gasteiger partial charge in [-0.15, -0.1) is 0 Å². The lowest BCUT2D eigenvalue weighted by Crippen LogP contribution is -2.46. The van der Waals surface area contributed by atoms with E-state index in [1.165, 1.54) is 36.1 Å². The Labute approximate surface area is 200 Å². The molecule has 2 fully saturated rings. The fourth-order valence-electron chi connectivity index (χ4n) is 5.48. The highest BCUT2D eigenvalue weighted by Gasteiger charge is 2.40. The number of benzene rings is 1. The number of carbonyl (C=O) groups is 1. The first kappa shape index (κ1) is 23.3. The third kappa shape index (κ3) is 3.94. The van der Waals surface area contributed by atoms with Gasteiger partial charge in [-0.1, -0.05) is 18.2 Å². The van der Waals surface area contributed by atoms with Crippen LogP contribution in [0.3, 0.4) is 0 Å². The van der Waals surface area contributed by atoms with Crippen molar-refractivity contribution in [3.8, 4) is 0 Å². The Morgan fingerprint density at radius 3 is 2.49 bits per heavy atom. The molecule has 7 nitrogen and oxygen atoms in total. The number of halogens is 3. The van der Waals surface area contributed by atoms with Crippen molar-refractivity contribution in [3.63, 3.8) is 0 Å². The summed E-state index contributed by atoms with van der Waals surface area (Å²) in [6.07, 6.45) is 3.17. The average molecular weight is 486 g/mol. The molecule has 3 aromatic rings. The molecule has 0 radical (unpaired) electrons. The smallest absolute Gasteiger partial charge is 0.266 e. The van der Waals surface area contributed by atoms with Crippen LogP contribution in [0.4, 0.5) is 19.0 Å². The van der Waals surface area contributed by atoms with Gasteiger partial charge in [0.15, 0.2) is 0 Å². The van der Waals surface area contributed by atoms with Gasteiger partial charge in [0.2, 0.25) is 0 Å². The van der Waals surface area contributed by atoms with Gasteiger partial charge < -0.3 is 10.2 Å². The summed E-state index contributed by atoms with van der Waals surface area (Å²) < 4.78 is 42.4. The zero-order valence-electron chi connectivity index (χ0n) is 19.5. The van der Waals surface area contributed by atoms with Gasteiger partial charge in [-0.3, -0.25) is 14.2 Å². The van der Waals surface area contributed by atoms with Crippen molar-refractivity contribution >= 4 is 22.8 Å². The van der Waals surface area contributed by atoms with E-state index < -0.39 is 29.4 Å². The Bertz CT molecular complexity index is 1340. The monoisotopic (exact) mass is 485 g/mol. The van der Waals surface area contributed by atoms with Gasteiger partial charge in [-0.05, 0) is 45.1 Å². The minimum Gasteiger partial charge on any atom is -0.363 e. The van der Waals surface area contributed by atoms with Gasteiger partial charge in [0, 0.05) is 24.7 Å². The molecule has 184 valence electrons. The molecule has 10 heteroatoms. The number of aryl methyl sites for hydroxylation is 1. The van der Waals surface area contributed by atoms with Crippen LogP contribution in [0.1, 0.15) is 73.0 Å². The van der Waals surface area contributed by atoms with E-state index in [1.807, 2.05) is 4.90 Å². The standard InChI is InChI=1S/C25H26F3N5O2/c1-13(16-7-4-8-17(20(16)26)21(27)28)31-22-18-11-19(24(34)32(2)23(18)30-12-29-22)25(35)33-14-5-3-6-15(33)10-9-14/h4,7-8,11-15,21H,3,5-6,9-10H2,1-2H3,(H,29,30,31)/t13-,14?,15?/m1/s1. The number of nitrogens with zero attached hydrogens (tertiary/aromatic N) is 4. The Morgan fingerprint density at radius 2 is 1.80 bits per heavy atom. The third-order valence-electron chi connectivity index (χ3n) is 7.28. The van der Waals surface area contributed by atoms with Gasteiger partial charge in [-0.2, -0.15) is 0 Å². The molecular weight excluding hydrogens is 459 g/mol. The second-order valence-electron chi connectivity index (χ2n) is 9.33. The molecular formula is C25H26F3N5O2. The number of amides is 1. The number of carbonyl (C=O) groups excluding carboxylic acids is 1. The molecule has 2 aliphatic heterocycles. The summed E-state index contributed by atoms with van der Waals surface area (Å²) in [7, 11) is 1.54. The molecule has 1 aromatic carbocycles. The van der Waals surface area contributed by atoms with E-state index in [4.69, 9.17) is 0 Å². The summed E-state index contributed by atoms with van der Waals surface area (Å²) in [4.78, 5) is 36.9. The number of hydrogen-bond donors (Lipinski definition) is 1. The van der Waals surface area contributed by atoms with Gasteiger partial charge in [0.1, 0.15) is 29.2 Å². The third-order valence-corrected chi connectivity index (χ3v) is 7.28. The van der Waals surface area contributed by atoms with Crippen molar-refractivity contribution in [1.29, 1.82) is 0 Å². The number of fused-ring (bicyclic) bond motifs is 3. The quantitative estimate of drug-likeness (QED) is 0.565. The van der Waals surface area contributed by atoms with Crippen LogP contribution >= 0.6 is 0 Å². The fourth-order valence-corrected chi connectivity index (χ4v) is 5.48. The summed E-state index contributed by atoms with van der Waals surface area (Å²) in [5.74, 6) is -1.00. The lowest BCUT2D eigenvalue weighted by atomic mass is 10.0. The van der Waals surface area contributed by atoms with E-state index >= 15 is 0 Å². The highest BCUT2D eigenvalue weighted by molar-refractivity contribution is 5.99. The van der Waals surface area contributed by atoms with E-state index in [-0.39, 0.29) is 34.9 Å². The van der Waals surface area contributed by atoms with Crippen LogP contribution in [0.25, 0.3) is 11.0 Å². The minimum atomic E-state index is -2.93. The Hall–Kier alpha value is -3.43. The number of piperidine rings is 1. The molecule has 2 saturated heterocycles. The molecule has 1 N–H and O–H groups in total. The zero-order valence-corrected chi connectivity index (χ0v) is 19.5. The highest BCUT2D eigenvalue weighted by Crippen LogP contribution is 2.36. The van der Waals surface area contributed by atoms with Crippen molar-refractivity contribution in [3.05, 3.63) is 63.5 Å². The largest absolute Gasteiger partial charge is 0.363 e. The lowest BCUT2D eigenvalue weighted by molar-refractivity contribution is 0.0593. The predicted octanol–water partition coefficient (Wildman–Crippen LogP) is 4.74. The Kier molecular flexibility index (Phi) is 5.98.